The Hall–Kier alpha value is -2.00. The number of guanidine groups is 1. The molecule has 0 saturated heterocycles. The molecular weight excluding hydrogens is 457 g/mol. The number of benzene rings is 2. The molecule has 0 aliphatic rings. The first kappa shape index (κ1) is 23.0. The topological polar surface area (TPSA) is 78.1 Å². The first-order chi connectivity index (χ1) is 12.6. The van der Waals surface area contributed by atoms with Crippen LogP contribution in [0.2, 0.25) is 0 Å². The number of hydrogen-bond donors (Lipinski definition) is 2. The molecule has 27 heavy (non-hydrogen) atoms. The van der Waals surface area contributed by atoms with E-state index in [1.807, 2.05) is 48.5 Å². The van der Waals surface area contributed by atoms with Gasteiger partial charge in [0.05, 0.1) is 27.4 Å². The van der Waals surface area contributed by atoms with Crippen LogP contribution in [-0.4, -0.2) is 33.3 Å². The van der Waals surface area contributed by atoms with Gasteiger partial charge in [0, 0.05) is 18.3 Å². The maximum absolute atomic E-state index is 5.96. The molecule has 0 bridgehead atoms. The number of ether oxygens (including phenoxy) is 3. The van der Waals surface area contributed by atoms with Gasteiger partial charge in [-0.15, -0.1) is 24.0 Å². The summed E-state index contributed by atoms with van der Waals surface area (Å²) in [6, 6.07) is 15.6. The van der Waals surface area contributed by atoms with Crippen molar-refractivity contribution in [1.29, 1.82) is 0 Å². The van der Waals surface area contributed by atoms with E-state index in [4.69, 9.17) is 19.9 Å². The van der Waals surface area contributed by atoms with Crippen LogP contribution in [0.5, 0.6) is 11.5 Å². The molecule has 0 heterocycles. The van der Waals surface area contributed by atoms with Crippen molar-refractivity contribution < 1.29 is 14.2 Å². The van der Waals surface area contributed by atoms with Crippen LogP contribution in [0.3, 0.4) is 0 Å². The lowest BCUT2D eigenvalue weighted by Gasteiger charge is -2.12. The average molecular weight is 485 g/mol. The fourth-order valence-corrected chi connectivity index (χ4v) is 2.36. The van der Waals surface area contributed by atoms with E-state index < -0.39 is 0 Å². The monoisotopic (exact) mass is 485 g/mol. The third-order valence-corrected chi connectivity index (χ3v) is 3.74. The molecule has 3 N–H and O–H groups in total. The summed E-state index contributed by atoms with van der Waals surface area (Å²) in [6.07, 6.45) is 0. The van der Waals surface area contributed by atoms with E-state index in [1.54, 1.807) is 14.2 Å². The van der Waals surface area contributed by atoms with Gasteiger partial charge in [0.25, 0.3) is 0 Å². The highest BCUT2D eigenvalue weighted by Gasteiger charge is 2.06. The fraction of sp³-hybridized carbons (Fsp3) is 0.350. The average Bonchev–Trinajstić information content (AvgIpc) is 2.67. The van der Waals surface area contributed by atoms with Crippen LogP contribution in [0, 0.1) is 5.92 Å². The summed E-state index contributed by atoms with van der Waals surface area (Å²) < 4.78 is 16.2. The van der Waals surface area contributed by atoms with Gasteiger partial charge in [-0.05, 0) is 23.6 Å². The van der Waals surface area contributed by atoms with Crippen LogP contribution in [0.15, 0.2) is 53.5 Å². The zero-order chi connectivity index (χ0) is 18.8. The highest BCUT2D eigenvalue weighted by molar-refractivity contribution is 14.0. The Morgan fingerprint density at radius 1 is 1.07 bits per heavy atom. The quantitative estimate of drug-likeness (QED) is 0.320. The largest absolute Gasteiger partial charge is 0.493 e. The number of hydrogen-bond acceptors (Lipinski definition) is 4. The highest BCUT2D eigenvalue weighted by Crippen LogP contribution is 2.29. The normalized spacial score (nSPS) is 12.0. The number of halogens is 1. The number of aliphatic imine (C=N–C) groups is 1. The summed E-state index contributed by atoms with van der Waals surface area (Å²) in [5.74, 6) is 1.92. The van der Waals surface area contributed by atoms with Crippen molar-refractivity contribution in [3.63, 3.8) is 0 Å². The second kappa shape index (κ2) is 12.4. The third-order valence-electron chi connectivity index (χ3n) is 3.74. The van der Waals surface area contributed by atoms with E-state index in [1.165, 1.54) is 0 Å². The van der Waals surface area contributed by atoms with Crippen LogP contribution >= 0.6 is 24.0 Å². The Labute approximate surface area is 178 Å². The maximum Gasteiger partial charge on any atom is 0.193 e. The lowest BCUT2D eigenvalue weighted by atomic mass is 10.2. The standard InChI is InChI=1S/C20H27N3O3.HI/c1-15(13-26-14-16-7-5-4-6-8-16)12-22-20(21)23-17-9-10-18(24-2)19(11-17)25-3;/h4-11,15H,12-14H2,1-3H3,(H3,21,22,23);1H. The zero-order valence-electron chi connectivity index (χ0n) is 16.0. The minimum absolute atomic E-state index is 0. The van der Waals surface area contributed by atoms with E-state index in [2.05, 4.69) is 17.2 Å². The van der Waals surface area contributed by atoms with Crippen LogP contribution in [0.4, 0.5) is 5.69 Å². The molecule has 0 amide bonds. The van der Waals surface area contributed by atoms with E-state index in [0.29, 0.717) is 37.2 Å². The molecule has 148 valence electrons. The van der Waals surface area contributed by atoms with Gasteiger partial charge in [-0.1, -0.05) is 37.3 Å². The maximum atomic E-state index is 5.96. The fourth-order valence-electron chi connectivity index (χ4n) is 2.36. The van der Waals surface area contributed by atoms with E-state index in [9.17, 15) is 0 Å². The molecular formula is C20H28IN3O3. The molecule has 0 aromatic heterocycles. The van der Waals surface area contributed by atoms with Crippen molar-refractivity contribution >= 4 is 35.6 Å². The predicted molar refractivity (Wildman–Crippen MR) is 120 cm³/mol. The lowest BCUT2D eigenvalue weighted by molar-refractivity contribution is 0.0945. The smallest absolute Gasteiger partial charge is 0.193 e. The molecule has 2 aromatic rings. The molecule has 0 saturated carbocycles. The molecule has 0 aliphatic carbocycles. The van der Waals surface area contributed by atoms with Crippen molar-refractivity contribution in [2.24, 2.45) is 16.6 Å². The summed E-state index contributed by atoms with van der Waals surface area (Å²) in [7, 11) is 3.19. The SMILES string of the molecule is COc1ccc(NC(N)=NCC(C)COCc2ccccc2)cc1OC.I. The molecule has 7 heteroatoms. The van der Waals surface area contributed by atoms with Crippen molar-refractivity contribution in [3.05, 3.63) is 54.1 Å². The van der Waals surface area contributed by atoms with Gasteiger partial charge in [0.15, 0.2) is 17.5 Å². The third kappa shape index (κ3) is 8.04. The van der Waals surface area contributed by atoms with Gasteiger partial charge in [0.1, 0.15) is 0 Å². The number of nitrogens with one attached hydrogen (secondary N) is 1. The minimum Gasteiger partial charge on any atom is -0.493 e. The number of anilines is 1. The van der Waals surface area contributed by atoms with Crippen LogP contribution < -0.4 is 20.5 Å². The van der Waals surface area contributed by atoms with Crippen LogP contribution in [0.1, 0.15) is 12.5 Å². The van der Waals surface area contributed by atoms with E-state index in [-0.39, 0.29) is 29.9 Å². The highest BCUT2D eigenvalue weighted by atomic mass is 127. The molecule has 1 unspecified atom stereocenters. The molecule has 0 spiro atoms. The van der Waals surface area contributed by atoms with Crippen LogP contribution in [-0.2, 0) is 11.3 Å². The molecule has 0 radical (unpaired) electrons. The van der Waals surface area contributed by atoms with Gasteiger partial charge in [-0.2, -0.15) is 0 Å². The van der Waals surface area contributed by atoms with Gasteiger partial charge < -0.3 is 25.3 Å². The Bertz CT molecular complexity index is 711. The molecule has 0 aliphatic heterocycles. The Morgan fingerprint density at radius 3 is 2.44 bits per heavy atom. The summed E-state index contributed by atoms with van der Waals surface area (Å²) in [5.41, 5.74) is 7.92. The van der Waals surface area contributed by atoms with Gasteiger partial charge in [-0.25, -0.2) is 0 Å². The second-order valence-corrected chi connectivity index (χ2v) is 6.03. The summed E-state index contributed by atoms with van der Waals surface area (Å²) in [6.45, 7) is 3.90. The first-order valence-electron chi connectivity index (χ1n) is 8.53. The van der Waals surface area contributed by atoms with Crippen molar-refractivity contribution in [3.8, 4) is 11.5 Å². The molecule has 6 nitrogen and oxygen atoms in total. The Morgan fingerprint density at radius 2 is 1.78 bits per heavy atom. The number of nitrogens with two attached hydrogens (primary N) is 1. The first-order valence-corrected chi connectivity index (χ1v) is 8.53. The van der Waals surface area contributed by atoms with Gasteiger partial charge in [0.2, 0.25) is 0 Å². The summed E-state index contributed by atoms with van der Waals surface area (Å²) in [5, 5.41) is 3.06. The predicted octanol–water partition coefficient (Wildman–Crippen LogP) is 3.90. The Kier molecular flexibility index (Phi) is 10.6. The van der Waals surface area contributed by atoms with Crippen molar-refractivity contribution in [2.45, 2.75) is 13.5 Å². The lowest BCUT2D eigenvalue weighted by Crippen LogP contribution is -2.24. The molecule has 0 fully saturated rings. The minimum atomic E-state index is 0. The zero-order valence-corrected chi connectivity index (χ0v) is 18.3. The summed E-state index contributed by atoms with van der Waals surface area (Å²) >= 11 is 0. The second-order valence-electron chi connectivity index (χ2n) is 6.03. The van der Waals surface area contributed by atoms with Crippen LogP contribution in [0.25, 0.3) is 0 Å². The molecule has 2 aromatic carbocycles. The van der Waals surface area contributed by atoms with Crippen molar-refractivity contribution in [1.82, 2.24) is 0 Å². The van der Waals surface area contributed by atoms with E-state index >= 15 is 0 Å². The van der Waals surface area contributed by atoms with Crippen molar-refractivity contribution in [2.75, 3.05) is 32.7 Å². The summed E-state index contributed by atoms with van der Waals surface area (Å²) in [4.78, 5) is 4.37. The Balaban J connectivity index is 0.00000364. The number of nitrogens with zero attached hydrogens (tertiary/aromatic N) is 1. The number of methoxy groups -OCH3 is 2. The molecule has 2 rings (SSSR count). The van der Waals surface area contributed by atoms with Gasteiger partial charge >= 0.3 is 0 Å². The number of rotatable bonds is 9. The van der Waals surface area contributed by atoms with Gasteiger partial charge in [-0.3, -0.25) is 4.99 Å². The molecule has 1 atom stereocenters. The van der Waals surface area contributed by atoms with E-state index in [0.717, 1.165) is 11.3 Å².